The maximum Gasteiger partial charge on any atom is 0.316 e. The average Bonchev–Trinajstić information content (AvgIpc) is 3.34. The summed E-state index contributed by atoms with van der Waals surface area (Å²) in [6.07, 6.45) is 0. The Morgan fingerprint density at radius 3 is 2.43 bits per heavy atom. The molecule has 1 aliphatic heterocycles. The number of anilines is 1. The van der Waals surface area contributed by atoms with E-state index in [4.69, 9.17) is 4.52 Å². The molecule has 0 N–H and O–H groups in total. The SMILES string of the molecule is O=C(c1nc(Cn2nc(-c3ccc(F)cc3)ccc2=O)no1)N1CCN(c2ccccc2F)CC1. The lowest BCUT2D eigenvalue weighted by Gasteiger charge is -2.35. The van der Waals surface area contributed by atoms with Crippen LogP contribution < -0.4 is 10.5 Å². The molecule has 178 valence electrons. The van der Waals surface area contributed by atoms with Gasteiger partial charge in [0, 0.05) is 37.8 Å². The van der Waals surface area contributed by atoms with Gasteiger partial charge < -0.3 is 14.3 Å². The van der Waals surface area contributed by atoms with E-state index >= 15 is 0 Å². The molecule has 1 amide bonds. The van der Waals surface area contributed by atoms with Crippen molar-refractivity contribution in [1.29, 1.82) is 0 Å². The predicted octanol–water partition coefficient (Wildman–Crippen LogP) is 2.58. The van der Waals surface area contributed by atoms with Gasteiger partial charge in [-0.05, 0) is 42.5 Å². The van der Waals surface area contributed by atoms with Crippen molar-refractivity contribution < 1.29 is 18.1 Å². The number of benzene rings is 2. The highest BCUT2D eigenvalue weighted by molar-refractivity contribution is 5.89. The van der Waals surface area contributed by atoms with Gasteiger partial charge >= 0.3 is 11.8 Å². The summed E-state index contributed by atoms with van der Waals surface area (Å²) in [5.41, 5.74) is 1.22. The molecule has 0 bridgehead atoms. The summed E-state index contributed by atoms with van der Waals surface area (Å²) in [6.45, 7) is 1.55. The Morgan fingerprint density at radius 1 is 0.943 bits per heavy atom. The lowest BCUT2D eigenvalue weighted by molar-refractivity contribution is 0.0696. The monoisotopic (exact) mass is 478 g/mol. The van der Waals surface area contributed by atoms with Crippen LogP contribution in [-0.2, 0) is 6.54 Å². The first-order chi connectivity index (χ1) is 17.0. The Kier molecular flexibility index (Phi) is 6.04. The van der Waals surface area contributed by atoms with E-state index < -0.39 is 11.5 Å². The Bertz CT molecular complexity index is 1410. The fourth-order valence-electron chi connectivity index (χ4n) is 3.87. The lowest BCUT2D eigenvalue weighted by atomic mass is 10.1. The highest BCUT2D eigenvalue weighted by atomic mass is 19.1. The minimum atomic E-state index is -0.433. The Hall–Kier alpha value is -4.41. The minimum Gasteiger partial charge on any atom is -0.366 e. The Balaban J connectivity index is 1.25. The van der Waals surface area contributed by atoms with Crippen LogP contribution in [0.5, 0.6) is 0 Å². The number of piperazine rings is 1. The van der Waals surface area contributed by atoms with Gasteiger partial charge in [0.1, 0.15) is 18.2 Å². The van der Waals surface area contributed by atoms with E-state index in [1.54, 1.807) is 35.2 Å². The van der Waals surface area contributed by atoms with Crippen LogP contribution in [0, 0.1) is 11.6 Å². The maximum atomic E-state index is 14.0. The average molecular weight is 478 g/mol. The zero-order valence-corrected chi connectivity index (χ0v) is 18.5. The number of halogens is 2. The molecule has 1 aliphatic rings. The number of nitrogens with zero attached hydrogens (tertiary/aromatic N) is 6. The fraction of sp³-hybridized carbons (Fsp3) is 0.208. The number of aromatic nitrogens is 4. The van der Waals surface area contributed by atoms with Gasteiger partial charge in [0.15, 0.2) is 5.82 Å². The molecule has 5 rings (SSSR count). The van der Waals surface area contributed by atoms with Crippen molar-refractivity contribution in [1.82, 2.24) is 24.8 Å². The van der Waals surface area contributed by atoms with E-state index in [0.29, 0.717) is 43.1 Å². The third kappa shape index (κ3) is 4.79. The van der Waals surface area contributed by atoms with Crippen LogP contribution in [0.1, 0.15) is 16.5 Å². The Labute approximate surface area is 198 Å². The topological polar surface area (TPSA) is 97.4 Å². The first-order valence-corrected chi connectivity index (χ1v) is 10.9. The summed E-state index contributed by atoms with van der Waals surface area (Å²) in [5.74, 6) is -1.19. The highest BCUT2D eigenvalue weighted by Gasteiger charge is 2.27. The first kappa shape index (κ1) is 22.4. The molecular weight excluding hydrogens is 458 g/mol. The second kappa shape index (κ2) is 9.45. The van der Waals surface area contributed by atoms with Crippen molar-refractivity contribution in [3.8, 4) is 11.3 Å². The van der Waals surface area contributed by atoms with Gasteiger partial charge in [-0.25, -0.2) is 13.5 Å². The van der Waals surface area contributed by atoms with Crippen LogP contribution in [0.4, 0.5) is 14.5 Å². The van der Waals surface area contributed by atoms with Crippen molar-refractivity contribution in [2.75, 3.05) is 31.1 Å². The van der Waals surface area contributed by atoms with Gasteiger partial charge in [-0.3, -0.25) is 9.59 Å². The van der Waals surface area contributed by atoms with Crippen molar-refractivity contribution in [3.63, 3.8) is 0 Å². The summed E-state index contributed by atoms with van der Waals surface area (Å²) in [6, 6.07) is 15.1. The normalized spacial score (nSPS) is 13.8. The third-order valence-corrected chi connectivity index (χ3v) is 5.71. The summed E-state index contributed by atoms with van der Waals surface area (Å²) in [5, 5.41) is 8.10. The predicted molar refractivity (Wildman–Crippen MR) is 122 cm³/mol. The van der Waals surface area contributed by atoms with E-state index in [2.05, 4.69) is 15.2 Å². The Morgan fingerprint density at radius 2 is 1.69 bits per heavy atom. The third-order valence-electron chi connectivity index (χ3n) is 5.71. The second-order valence-electron chi connectivity index (χ2n) is 7.97. The van der Waals surface area contributed by atoms with Gasteiger partial charge in [-0.1, -0.05) is 17.3 Å². The molecule has 9 nitrogen and oxygen atoms in total. The molecule has 35 heavy (non-hydrogen) atoms. The van der Waals surface area contributed by atoms with E-state index in [-0.39, 0.29) is 29.9 Å². The van der Waals surface area contributed by atoms with E-state index in [0.717, 1.165) is 4.68 Å². The molecule has 1 fully saturated rings. The quantitative estimate of drug-likeness (QED) is 0.435. The first-order valence-electron chi connectivity index (χ1n) is 10.9. The smallest absolute Gasteiger partial charge is 0.316 e. The summed E-state index contributed by atoms with van der Waals surface area (Å²) >= 11 is 0. The standard InChI is InChI=1S/C24H20F2N6O3/c25-17-7-5-16(6-8-17)19-9-10-22(33)32(28-19)15-21-27-23(35-29-21)24(34)31-13-11-30(12-14-31)20-4-2-1-3-18(20)26/h1-10H,11-15H2. The van der Waals surface area contributed by atoms with Crippen molar-refractivity contribution >= 4 is 11.6 Å². The number of para-hydroxylation sites is 1. The van der Waals surface area contributed by atoms with Crippen LogP contribution >= 0.6 is 0 Å². The number of rotatable bonds is 5. The van der Waals surface area contributed by atoms with Crippen LogP contribution in [0.3, 0.4) is 0 Å². The number of amides is 1. The van der Waals surface area contributed by atoms with Gasteiger partial charge in [-0.2, -0.15) is 10.1 Å². The molecule has 3 heterocycles. The molecule has 0 radical (unpaired) electrons. The van der Waals surface area contributed by atoms with Crippen molar-refractivity contribution in [2.45, 2.75) is 6.54 Å². The molecule has 11 heteroatoms. The number of hydrogen-bond acceptors (Lipinski definition) is 7. The van der Waals surface area contributed by atoms with Crippen LogP contribution in [0.25, 0.3) is 11.3 Å². The number of carbonyl (C=O) groups is 1. The van der Waals surface area contributed by atoms with Crippen molar-refractivity contribution in [3.05, 3.63) is 94.4 Å². The lowest BCUT2D eigenvalue weighted by Crippen LogP contribution is -2.49. The van der Waals surface area contributed by atoms with E-state index in [1.807, 2.05) is 4.90 Å². The largest absolute Gasteiger partial charge is 0.366 e. The molecule has 0 spiro atoms. The second-order valence-corrected chi connectivity index (χ2v) is 7.97. The van der Waals surface area contributed by atoms with Gasteiger partial charge in [0.2, 0.25) is 0 Å². The summed E-state index contributed by atoms with van der Waals surface area (Å²) in [4.78, 5) is 32.7. The van der Waals surface area contributed by atoms with Gasteiger partial charge in [-0.15, -0.1) is 0 Å². The molecule has 0 atom stereocenters. The molecule has 1 saturated heterocycles. The molecular formula is C24H20F2N6O3. The summed E-state index contributed by atoms with van der Waals surface area (Å²) in [7, 11) is 0. The molecule has 0 saturated carbocycles. The zero-order chi connectivity index (χ0) is 24.4. The van der Waals surface area contributed by atoms with E-state index in [9.17, 15) is 18.4 Å². The zero-order valence-electron chi connectivity index (χ0n) is 18.5. The summed E-state index contributed by atoms with van der Waals surface area (Å²) < 4.78 is 33.5. The number of hydrogen-bond donors (Lipinski definition) is 0. The number of carbonyl (C=O) groups excluding carboxylic acids is 1. The highest BCUT2D eigenvalue weighted by Crippen LogP contribution is 2.21. The van der Waals surface area contributed by atoms with Crippen LogP contribution in [0.2, 0.25) is 0 Å². The van der Waals surface area contributed by atoms with E-state index in [1.165, 1.54) is 30.3 Å². The molecule has 2 aromatic heterocycles. The molecule has 0 aliphatic carbocycles. The van der Waals surface area contributed by atoms with Gasteiger partial charge in [0.25, 0.3) is 5.56 Å². The molecule has 2 aromatic carbocycles. The minimum absolute atomic E-state index is 0.105. The molecule has 4 aromatic rings. The maximum absolute atomic E-state index is 14.0. The van der Waals surface area contributed by atoms with Gasteiger partial charge in [0.05, 0.1) is 11.4 Å². The molecule has 0 unspecified atom stereocenters. The fourth-order valence-corrected chi connectivity index (χ4v) is 3.87. The van der Waals surface area contributed by atoms with Crippen molar-refractivity contribution in [2.24, 2.45) is 0 Å². The van der Waals surface area contributed by atoms with Crippen LogP contribution in [0.15, 0.2) is 70.0 Å². The van der Waals surface area contributed by atoms with Crippen LogP contribution in [-0.4, -0.2) is 56.9 Å².